The number of ether oxygens (including phenoxy) is 3. The number of unbranched alkanes of at least 4 members (excludes halogenated alkanes) is 3. The molecular formula is C65H96O5. The van der Waals surface area contributed by atoms with Gasteiger partial charge in [0, 0.05) is 12.8 Å². The average Bonchev–Trinajstić information content (AvgIpc) is 3.36. The maximum absolute atomic E-state index is 12.8. The van der Waals surface area contributed by atoms with E-state index in [1.807, 2.05) is 6.08 Å². The lowest BCUT2D eigenvalue weighted by Crippen LogP contribution is -2.30. The molecule has 0 aromatic rings. The van der Waals surface area contributed by atoms with E-state index in [4.69, 9.17) is 14.2 Å². The summed E-state index contributed by atoms with van der Waals surface area (Å²) in [5.41, 5.74) is 0. The minimum Gasteiger partial charge on any atom is -0.462 e. The Bertz CT molecular complexity index is 1700. The molecule has 1 atom stereocenters. The molecular weight excluding hydrogens is 861 g/mol. The van der Waals surface area contributed by atoms with Crippen LogP contribution in [0.15, 0.2) is 194 Å². The first-order valence-corrected chi connectivity index (χ1v) is 27.0. The first-order chi connectivity index (χ1) is 34.6. The summed E-state index contributed by atoms with van der Waals surface area (Å²) < 4.78 is 17.2. The lowest BCUT2D eigenvalue weighted by atomic mass is 10.1. The van der Waals surface area contributed by atoms with Gasteiger partial charge in [-0.2, -0.15) is 0 Å². The summed E-state index contributed by atoms with van der Waals surface area (Å²) in [7, 11) is 0. The minimum atomic E-state index is -0.642. The maximum atomic E-state index is 12.8. The topological polar surface area (TPSA) is 61.8 Å². The summed E-state index contributed by atoms with van der Waals surface area (Å²) >= 11 is 0. The highest BCUT2D eigenvalue weighted by atomic mass is 16.6. The van der Waals surface area contributed by atoms with E-state index in [1.54, 1.807) is 0 Å². The summed E-state index contributed by atoms with van der Waals surface area (Å²) in [6.07, 6.45) is 90.5. The fourth-order valence-electron chi connectivity index (χ4n) is 6.27. The van der Waals surface area contributed by atoms with Crippen molar-refractivity contribution in [3.05, 3.63) is 194 Å². The standard InChI is InChI=1S/C65H96O5/c1-4-7-10-13-16-19-22-25-28-31-33-35-37-40-43-46-49-52-55-58-64(66)69-62-63(61-68-60-57-54-51-48-45-42-39-30-27-24-21-18-15-12-9-6-3)70-65(67)59-56-53-50-47-44-41-38-36-34-32-29-26-23-20-17-14-11-8-5-2/h7-12,16-21,25-30,33-36,40-45,49,51-52,54,63H,4-6,13-15,22-24,31-32,37-39,46-48,50,53,55-62H2,1-3H3/b10-7-,11-8-,12-9-,19-16-,20-17-,21-18-,28-25-,29-26-,30-27-,35-33-,36-34-,43-40-,44-41-,45-42-,52-49-,54-51-. The van der Waals surface area contributed by atoms with E-state index in [-0.39, 0.29) is 31.6 Å². The SMILES string of the molecule is CC/C=C\C/C=C\C/C=C\C/C=C\C/C=C\C/C=C\CCC(=O)OCC(COCC/C=C\C/C=C\C/C=C\C/C=C\C/C=C\CC)OC(=O)CCCCC/C=C\C/C=C\C/C=C\C/C=C\C/C=C\CC. The summed E-state index contributed by atoms with van der Waals surface area (Å²) in [5, 5.41) is 0. The van der Waals surface area contributed by atoms with Crippen molar-refractivity contribution in [1.29, 1.82) is 0 Å². The zero-order valence-corrected chi connectivity index (χ0v) is 44.2. The van der Waals surface area contributed by atoms with Gasteiger partial charge in [-0.05, 0) is 135 Å². The highest BCUT2D eigenvalue weighted by Gasteiger charge is 2.17. The molecule has 0 rings (SSSR count). The fourth-order valence-corrected chi connectivity index (χ4v) is 6.27. The number of hydrogen-bond donors (Lipinski definition) is 0. The number of carbonyl (C=O) groups is 2. The largest absolute Gasteiger partial charge is 0.462 e. The van der Waals surface area contributed by atoms with Crippen LogP contribution >= 0.6 is 0 Å². The third-order valence-electron chi connectivity index (χ3n) is 10.1. The second-order valence-corrected chi connectivity index (χ2v) is 16.6. The van der Waals surface area contributed by atoms with E-state index >= 15 is 0 Å². The third-order valence-corrected chi connectivity index (χ3v) is 10.1. The Labute approximate surface area is 429 Å². The molecule has 0 fully saturated rings. The van der Waals surface area contributed by atoms with Gasteiger partial charge < -0.3 is 14.2 Å². The van der Waals surface area contributed by atoms with Gasteiger partial charge in [0.25, 0.3) is 0 Å². The van der Waals surface area contributed by atoms with Gasteiger partial charge in [0.2, 0.25) is 0 Å². The molecule has 0 aliphatic carbocycles. The van der Waals surface area contributed by atoms with E-state index in [1.165, 1.54) is 0 Å². The van der Waals surface area contributed by atoms with E-state index in [0.29, 0.717) is 19.4 Å². The van der Waals surface area contributed by atoms with Crippen LogP contribution in [0.2, 0.25) is 0 Å². The van der Waals surface area contributed by atoms with Crippen LogP contribution in [-0.2, 0) is 23.8 Å². The Kier molecular flexibility index (Phi) is 53.7. The van der Waals surface area contributed by atoms with Crippen molar-refractivity contribution in [2.24, 2.45) is 0 Å². The lowest BCUT2D eigenvalue weighted by molar-refractivity contribution is -0.162. The molecule has 5 nitrogen and oxygen atoms in total. The van der Waals surface area contributed by atoms with Crippen LogP contribution in [0.3, 0.4) is 0 Å². The van der Waals surface area contributed by atoms with Crippen LogP contribution < -0.4 is 0 Å². The molecule has 0 aliphatic heterocycles. The van der Waals surface area contributed by atoms with Crippen LogP contribution in [0, 0.1) is 0 Å². The zero-order chi connectivity index (χ0) is 50.6. The van der Waals surface area contributed by atoms with Gasteiger partial charge in [-0.25, -0.2) is 0 Å². The predicted octanol–water partition coefficient (Wildman–Crippen LogP) is 18.8. The molecule has 386 valence electrons. The molecule has 0 N–H and O–H groups in total. The molecule has 0 saturated carbocycles. The fraction of sp³-hybridized carbons (Fsp3) is 0.477. The maximum Gasteiger partial charge on any atom is 0.306 e. The zero-order valence-electron chi connectivity index (χ0n) is 44.2. The summed E-state index contributed by atoms with van der Waals surface area (Å²) in [6, 6.07) is 0. The first kappa shape index (κ1) is 64.7. The quantitative estimate of drug-likeness (QED) is 0.0346. The number of rotatable bonds is 46. The van der Waals surface area contributed by atoms with Gasteiger partial charge in [0.15, 0.2) is 6.10 Å². The molecule has 0 amide bonds. The van der Waals surface area contributed by atoms with Gasteiger partial charge in [-0.15, -0.1) is 0 Å². The molecule has 0 heterocycles. The highest BCUT2D eigenvalue weighted by molar-refractivity contribution is 5.70. The average molecular weight is 957 g/mol. The Hall–Kier alpha value is -5.26. The van der Waals surface area contributed by atoms with E-state index < -0.39 is 6.10 Å². The minimum absolute atomic E-state index is 0.0138. The van der Waals surface area contributed by atoms with Gasteiger partial charge in [0.05, 0.1) is 13.2 Å². The Balaban J connectivity index is 4.62. The third kappa shape index (κ3) is 55.3. The molecule has 1 unspecified atom stereocenters. The molecule has 0 spiro atoms. The number of hydrogen-bond acceptors (Lipinski definition) is 5. The normalized spacial score (nSPS) is 13.8. The van der Waals surface area contributed by atoms with Crippen molar-refractivity contribution < 1.29 is 23.8 Å². The molecule has 0 aromatic carbocycles. The molecule has 0 radical (unpaired) electrons. The lowest BCUT2D eigenvalue weighted by Gasteiger charge is -2.18. The summed E-state index contributed by atoms with van der Waals surface area (Å²) in [6.45, 7) is 7.12. The van der Waals surface area contributed by atoms with E-state index in [0.717, 1.165) is 135 Å². The van der Waals surface area contributed by atoms with Crippen LogP contribution in [-0.4, -0.2) is 37.9 Å². The van der Waals surface area contributed by atoms with Crippen LogP contribution in [0.5, 0.6) is 0 Å². The Morgan fingerprint density at radius 3 is 0.986 bits per heavy atom. The molecule has 0 aliphatic rings. The van der Waals surface area contributed by atoms with Crippen molar-refractivity contribution in [3.63, 3.8) is 0 Å². The van der Waals surface area contributed by atoms with Crippen molar-refractivity contribution in [1.82, 2.24) is 0 Å². The van der Waals surface area contributed by atoms with Crippen LogP contribution in [0.1, 0.15) is 175 Å². The van der Waals surface area contributed by atoms with Crippen LogP contribution in [0.25, 0.3) is 0 Å². The Morgan fingerprint density at radius 2 is 0.629 bits per heavy atom. The van der Waals surface area contributed by atoms with Gasteiger partial charge in [0.1, 0.15) is 6.61 Å². The second-order valence-electron chi connectivity index (χ2n) is 16.6. The highest BCUT2D eigenvalue weighted by Crippen LogP contribution is 2.09. The van der Waals surface area contributed by atoms with E-state index in [9.17, 15) is 9.59 Å². The second kappa shape index (κ2) is 58.1. The van der Waals surface area contributed by atoms with Crippen molar-refractivity contribution >= 4 is 11.9 Å². The monoisotopic (exact) mass is 957 g/mol. The van der Waals surface area contributed by atoms with Gasteiger partial charge in [-0.3, -0.25) is 9.59 Å². The molecule has 0 saturated heterocycles. The molecule has 0 bridgehead atoms. The van der Waals surface area contributed by atoms with Crippen molar-refractivity contribution in [2.75, 3.05) is 19.8 Å². The van der Waals surface area contributed by atoms with Crippen molar-refractivity contribution in [3.8, 4) is 0 Å². The van der Waals surface area contributed by atoms with E-state index in [2.05, 4.69) is 209 Å². The number of esters is 2. The molecule has 5 heteroatoms. The number of allylic oxidation sites excluding steroid dienone is 31. The summed E-state index contributed by atoms with van der Waals surface area (Å²) in [5.74, 6) is -0.593. The molecule has 0 aromatic heterocycles. The van der Waals surface area contributed by atoms with Gasteiger partial charge in [-0.1, -0.05) is 222 Å². The van der Waals surface area contributed by atoms with Crippen LogP contribution in [0.4, 0.5) is 0 Å². The van der Waals surface area contributed by atoms with Gasteiger partial charge >= 0.3 is 11.9 Å². The summed E-state index contributed by atoms with van der Waals surface area (Å²) in [4.78, 5) is 25.4. The molecule has 70 heavy (non-hydrogen) atoms. The Morgan fingerprint density at radius 1 is 0.314 bits per heavy atom. The van der Waals surface area contributed by atoms with Crippen molar-refractivity contribution in [2.45, 2.75) is 181 Å². The number of carbonyl (C=O) groups excluding carboxylic acids is 2. The smallest absolute Gasteiger partial charge is 0.306 e. The first-order valence-electron chi connectivity index (χ1n) is 27.0. The predicted molar refractivity (Wildman–Crippen MR) is 306 cm³/mol.